The van der Waals surface area contributed by atoms with Crippen LogP contribution in [0.3, 0.4) is 0 Å². The molecule has 88 valence electrons. The Balaban J connectivity index is 2.22. The van der Waals surface area contributed by atoms with E-state index in [2.05, 4.69) is 15.3 Å². The molecule has 1 heterocycles. The smallest absolute Gasteiger partial charge is 0.228 e. The summed E-state index contributed by atoms with van der Waals surface area (Å²) in [6.45, 7) is 2.12. The maximum absolute atomic E-state index is 11.7. The fourth-order valence-electron chi connectivity index (χ4n) is 1.41. The lowest BCUT2D eigenvalue weighted by atomic mass is 10.1. The number of nitrogens with two attached hydrogens (primary N) is 1. The zero-order valence-corrected chi connectivity index (χ0v) is 9.55. The van der Waals surface area contributed by atoms with Crippen molar-refractivity contribution in [3.8, 4) is 0 Å². The van der Waals surface area contributed by atoms with Crippen molar-refractivity contribution in [2.24, 2.45) is 11.7 Å². The molecule has 0 bridgehead atoms. The number of amides is 1. The van der Waals surface area contributed by atoms with Gasteiger partial charge in [0.05, 0.1) is 11.0 Å². The van der Waals surface area contributed by atoms with Gasteiger partial charge in [0.15, 0.2) is 0 Å². The number of aromatic nitrogens is 2. The Morgan fingerprint density at radius 1 is 1.35 bits per heavy atom. The van der Waals surface area contributed by atoms with Gasteiger partial charge in [-0.3, -0.25) is 14.8 Å². The molecule has 0 aliphatic carbocycles. The molecule has 1 atom stereocenters. The Bertz CT molecular complexity index is 541. The normalized spacial score (nSPS) is 12.4. The maximum atomic E-state index is 11.7. The van der Waals surface area contributed by atoms with Crippen molar-refractivity contribution in [3.63, 3.8) is 0 Å². The molecular weight excluding hydrogens is 216 g/mol. The van der Waals surface area contributed by atoms with E-state index in [9.17, 15) is 4.79 Å². The van der Waals surface area contributed by atoms with Crippen LogP contribution in [0.15, 0.2) is 30.6 Å². The van der Waals surface area contributed by atoms with Crippen molar-refractivity contribution in [2.45, 2.75) is 6.92 Å². The van der Waals surface area contributed by atoms with Gasteiger partial charge in [-0.15, -0.1) is 0 Å². The summed E-state index contributed by atoms with van der Waals surface area (Å²) in [6, 6.07) is 5.42. The lowest BCUT2D eigenvalue weighted by Crippen LogP contribution is -2.26. The van der Waals surface area contributed by atoms with E-state index in [0.29, 0.717) is 12.2 Å². The molecule has 1 aromatic heterocycles. The van der Waals surface area contributed by atoms with Crippen molar-refractivity contribution in [1.82, 2.24) is 9.97 Å². The van der Waals surface area contributed by atoms with Crippen LogP contribution < -0.4 is 11.1 Å². The monoisotopic (exact) mass is 230 g/mol. The van der Waals surface area contributed by atoms with Gasteiger partial charge in [0.2, 0.25) is 5.91 Å². The molecule has 1 amide bonds. The van der Waals surface area contributed by atoms with Crippen LogP contribution in [-0.2, 0) is 4.79 Å². The highest BCUT2D eigenvalue weighted by Gasteiger charge is 2.10. The Morgan fingerprint density at radius 3 is 2.76 bits per heavy atom. The molecule has 5 heteroatoms. The van der Waals surface area contributed by atoms with Crippen LogP contribution in [0, 0.1) is 5.92 Å². The summed E-state index contributed by atoms with van der Waals surface area (Å²) in [5, 5.41) is 2.80. The van der Waals surface area contributed by atoms with Crippen molar-refractivity contribution >= 4 is 22.6 Å². The summed E-state index contributed by atoms with van der Waals surface area (Å²) in [6.07, 6.45) is 3.26. The van der Waals surface area contributed by atoms with Gasteiger partial charge in [-0.2, -0.15) is 0 Å². The summed E-state index contributed by atoms with van der Waals surface area (Å²) in [5.41, 5.74) is 7.70. The van der Waals surface area contributed by atoms with Crippen molar-refractivity contribution in [2.75, 3.05) is 11.9 Å². The van der Waals surface area contributed by atoms with Crippen LogP contribution in [-0.4, -0.2) is 22.4 Å². The average molecular weight is 230 g/mol. The Hall–Kier alpha value is -2.01. The third kappa shape index (κ3) is 2.57. The number of hydrogen-bond acceptors (Lipinski definition) is 4. The number of carbonyl (C=O) groups is 1. The fourth-order valence-corrected chi connectivity index (χ4v) is 1.41. The summed E-state index contributed by atoms with van der Waals surface area (Å²) in [7, 11) is 0. The van der Waals surface area contributed by atoms with Gasteiger partial charge in [0, 0.05) is 30.5 Å². The molecule has 2 aromatic rings. The maximum Gasteiger partial charge on any atom is 0.228 e. The second-order valence-corrected chi connectivity index (χ2v) is 3.89. The van der Waals surface area contributed by atoms with E-state index in [1.807, 2.05) is 6.07 Å². The van der Waals surface area contributed by atoms with E-state index in [1.54, 1.807) is 31.5 Å². The van der Waals surface area contributed by atoms with Crippen LogP contribution in [0.4, 0.5) is 5.69 Å². The largest absolute Gasteiger partial charge is 0.330 e. The first-order valence-corrected chi connectivity index (χ1v) is 5.42. The molecule has 5 nitrogen and oxygen atoms in total. The lowest BCUT2D eigenvalue weighted by Gasteiger charge is -2.10. The van der Waals surface area contributed by atoms with E-state index in [1.165, 1.54) is 0 Å². The van der Waals surface area contributed by atoms with Gasteiger partial charge < -0.3 is 11.1 Å². The van der Waals surface area contributed by atoms with Crippen LogP contribution >= 0.6 is 0 Å². The van der Waals surface area contributed by atoms with Crippen LogP contribution in [0.5, 0.6) is 0 Å². The van der Waals surface area contributed by atoms with Gasteiger partial charge in [-0.25, -0.2) is 0 Å². The lowest BCUT2D eigenvalue weighted by molar-refractivity contribution is -0.119. The van der Waals surface area contributed by atoms with Crippen molar-refractivity contribution in [1.29, 1.82) is 0 Å². The average Bonchev–Trinajstić information content (AvgIpc) is 2.37. The highest BCUT2D eigenvalue weighted by atomic mass is 16.1. The number of hydrogen-bond donors (Lipinski definition) is 2. The molecule has 0 aliphatic heterocycles. The highest BCUT2D eigenvalue weighted by molar-refractivity contribution is 5.94. The quantitative estimate of drug-likeness (QED) is 0.829. The van der Waals surface area contributed by atoms with Crippen LogP contribution in [0.1, 0.15) is 6.92 Å². The first-order valence-electron chi connectivity index (χ1n) is 5.42. The minimum Gasteiger partial charge on any atom is -0.330 e. The summed E-state index contributed by atoms with van der Waals surface area (Å²) < 4.78 is 0. The van der Waals surface area contributed by atoms with Gasteiger partial charge in [-0.05, 0) is 18.2 Å². The number of nitrogens with one attached hydrogen (secondary N) is 1. The standard InChI is InChI=1S/C12H14N4O/c1-8(7-13)12(17)16-9-2-3-10-11(6-9)15-5-4-14-10/h2-6,8H,7,13H2,1H3,(H,16,17). The number of nitrogens with zero attached hydrogens (tertiary/aromatic N) is 2. The van der Waals surface area contributed by atoms with Crippen LogP contribution in [0.2, 0.25) is 0 Å². The molecule has 2 rings (SSSR count). The third-order valence-corrected chi connectivity index (χ3v) is 2.54. The molecule has 3 N–H and O–H groups in total. The Labute approximate surface area is 99.1 Å². The molecule has 0 saturated heterocycles. The van der Waals surface area contributed by atoms with Crippen LogP contribution in [0.25, 0.3) is 11.0 Å². The van der Waals surface area contributed by atoms with E-state index >= 15 is 0 Å². The minimum atomic E-state index is -0.201. The molecular formula is C12H14N4O. The predicted octanol–water partition coefficient (Wildman–Crippen LogP) is 1.16. The highest BCUT2D eigenvalue weighted by Crippen LogP contribution is 2.15. The second kappa shape index (κ2) is 4.88. The van der Waals surface area contributed by atoms with Gasteiger partial charge in [0.25, 0.3) is 0 Å². The number of carbonyl (C=O) groups excluding carboxylic acids is 1. The predicted molar refractivity (Wildman–Crippen MR) is 66.4 cm³/mol. The first kappa shape index (κ1) is 11.5. The molecule has 0 aliphatic rings. The summed E-state index contributed by atoms with van der Waals surface area (Å²) in [5.74, 6) is -0.289. The van der Waals surface area contributed by atoms with Crippen molar-refractivity contribution < 1.29 is 4.79 Å². The minimum absolute atomic E-state index is 0.0873. The number of fused-ring (bicyclic) bond motifs is 1. The molecule has 1 aromatic carbocycles. The van der Waals surface area contributed by atoms with Gasteiger partial charge in [-0.1, -0.05) is 6.92 Å². The fraction of sp³-hybridized carbons (Fsp3) is 0.250. The number of benzene rings is 1. The summed E-state index contributed by atoms with van der Waals surface area (Å²) in [4.78, 5) is 20.0. The SMILES string of the molecule is CC(CN)C(=O)Nc1ccc2nccnc2c1. The van der Waals surface area contributed by atoms with E-state index in [0.717, 1.165) is 11.0 Å². The molecule has 0 saturated carbocycles. The van der Waals surface area contributed by atoms with Crippen molar-refractivity contribution in [3.05, 3.63) is 30.6 Å². The topological polar surface area (TPSA) is 80.9 Å². The first-order chi connectivity index (χ1) is 8.20. The zero-order chi connectivity index (χ0) is 12.3. The molecule has 17 heavy (non-hydrogen) atoms. The van der Waals surface area contributed by atoms with E-state index in [4.69, 9.17) is 5.73 Å². The van der Waals surface area contributed by atoms with E-state index in [-0.39, 0.29) is 11.8 Å². The second-order valence-electron chi connectivity index (χ2n) is 3.89. The van der Waals surface area contributed by atoms with E-state index < -0.39 is 0 Å². The molecule has 0 fully saturated rings. The zero-order valence-electron chi connectivity index (χ0n) is 9.55. The molecule has 0 radical (unpaired) electrons. The molecule has 1 unspecified atom stereocenters. The number of rotatable bonds is 3. The third-order valence-electron chi connectivity index (χ3n) is 2.54. The van der Waals surface area contributed by atoms with Gasteiger partial charge >= 0.3 is 0 Å². The Kier molecular flexibility index (Phi) is 3.30. The number of anilines is 1. The van der Waals surface area contributed by atoms with Gasteiger partial charge in [0.1, 0.15) is 0 Å². The Morgan fingerprint density at radius 2 is 2.06 bits per heavy atom. The summed E-state index contributed by atoms with van der Waals surface area (Å²) >= 11 is 0. The molecule has 0 spiro atoms.